The van der Waals surface area contributed by atoms with Crippen molar-refractivity contribution < 1.29 is 9.90 Å². The number of aryl methyl sites for hydroxylation is 1. The maximum absolute atomic E-state index is 11.3. The van der Waals surface area contributed by atoms with E-state index in [9.17, 15) is 9.90 Å². The zero-order valence-electron chi connectivity index (χ0n) is 10.2. The van der Waals surface area contributed by atoms with E-state index < -0.39 is 5.97 Å². The van der Waals surface area contributed by atoms with Gasteiger partial charge in [0.1, 0.15) is 0 Å². The number of hydrogen-bond acceptors (Lipinski definition) is 3. The molecule has 1 N–H and O–H groups in total. The molecule has 3 aromatic rings. The summed E-state index contributed by atoms with van der Waals surface area (Å²) in [4.78, 5) is 15.4. The van der Waals surface area contributed by atoms with Crippen molar-refractivity contribution in [2.45, 2.75) is 6.92 Å². The van der Waals surface area contributed by atoms with Gasteiger partial charge in [0.2, 0.25) is 0 Å². The topological polar surface area (TPSA) is 68.0 Å². The first-order valence-corrected chi connectivity index (χ1v) is 5.80. The second-order valence-corrected chi connectivity index (χ2v) is 4.27. The minimum atomic E-state index is -1.01. The third-order valence-corrected chi connectivity index (χ3v) is 2.93. The van der Waals surface area contributed by atoms with Gasteiger partial charge in [-0.05, 0) is 13.0 Å². The van der Waals surface area contributed by atoms with Crippen molar-refractivity contribution in [3.8, 4) is 5.69 Å². The van der Waals surface area contributed by atoms with Gasteiger partial charge in [0.05, 0.1) is 17.6 Å². The number of pyridine rings is 1. The molecule has 0 saturated carbocycles. The average Bonchev–Trinajstić information content (AvgIpc) is 2.80. The number of hydrogen-bond donors (Lipinski definition) is 1. The molecule has 0 aliphatic carbocycles. The fourth-order valence-corrected chi connectivity index (χ4v) is 2.10. The van der Waals surface area contributed by atoms with E-state index >= 15 is 0 Å². The Hall–Kier alpha value is -2.69. The van der Waals surface area contributed by atoms with Gasteiger partial charge in [0.25, 0.3) is 0 Å². The molecule has 0 aliphatic heterocycles. The summed E-state index contributed by atoms with van der Waals surface area (Å²) in [5.41, 5.74) is 1.46. The highest BCUT2D eigenvalue weighted by atomic mass is 16.4. The Morgan fingerprint density at radius 1 is 1.26 bits per heavy atom. The number of carbonyl (C=O) groups is 1. The van der Waals surface area contributed by atoms with Gasteiger partial charge in [-0.3, -0.25) is 4.98 Å². The van der Waals surface area contributed by atoms with Crippen LogP contribution < -0.4 is 0 Å². The quantitative estimate of drug-likeness (QED) is 0.761. The molecule has 5 nitrogen and oxygen atoms in total. The maximum Gasteiger partial charge on any atom is 0.354 e. The van der Waals surface area contributed by atoms with Crippen LogP contribution in [-0.4, -0.2) is 25.8 Å². The molecular formula is C14H11N3O2. The number of rotatable bonds is 2. The highest BCUT2D eigenvalue weighted by Crippen LogP contribution is 2.22. The van der Waals surface area contributed by atoms with Crippen LogP contribution in [0.2, 0.25) is 0 Å². The number of nitrogens with zero attached hydrogens (tertiary/aromatic N) is 3. The van der Waals surface area contributed by atoms with E-state index in [1.54, 1.807) is 25.4 Å². The largest absolute Gasteiger partial charge is 0.477 e. The predicted octanol–water partition coefficient (Wildman–Crippen LogP) is 2.43. The Morgan fingerprint density at radius 3 is 2.84 bits per heavy atom. The van der Waals surface area contributed by atoms with Gasteiger partial charge in [-0.1, -0.05) is 24.3 Å². The van der Waals surface area contributed by atoms with Crippen molar-refractivity contribution in [2.75, 3.05) is 0 Å². The number of carboxylic acids is 1. The van der Waals surface area contributed by atoms with Crippen molar-refractivity contribution in [2.24, 2.45) is 0 Å². The first-order valence-electron chi connectivity index (χ1n) is 5.80. The lowest BCUT2D eigenvalue weighted by Gasteiger charge is -2.07. The molecule has 0 unspecified atom stereocenters. The van der Waals surface area contributed by atoms with Crippen LogP contribution >= 0.6 is 0 Å². The summed E-state index contributed by atoms with van der Waals surface area (Å²) >= 11 is 0. The number of fused-ring (bicyclic) bond motifs is 1. The van der Waals surface area contributed by atoms with Crippen LogP contribution in [0.25, 0.3) is 16.5 Å². The fraction of sp³-hybridized carbons (Fsp3) is 0.0714. The summed E-state index contributed by atoms with van der Waals surface area (Å²) in [5, 5.41) is 15.3. The van der Waals surface area contributed by atoms with Crippen molar-refractivity contribution in [1.29, 1.82) is 0 Å². The molecule has 0 atom stereocenters. The maximum atomic E-state index is 11.3. The summed E-state index contributed by atoms with van der Waals surface area (Å²) < 4.78 is 1.42. The van der Waals surface area contributed by atoms with Gasteiger partial charge in [-0.15, -0.1) is 0 Å². The van der Waals surface area contributed by atoms with Crippen LogP contribution in [0.4, 0.5) is 0 Å². The van der Waals surface area contributed by atoms with Crippen molar-refractivity contribution in [3.63, 3.8) is 0 Å². The van der Waals surface area contributed by atoms with Crippen LogP contribution in [-0.2, 0) is 0 Å². The molecule has 0 radical (unpaired) electrons. The van der Waals surface area contributed by atoms with Crippen LogP contribution in [0.15, 0.2) is 42.7 Å². The van der Waals surface area contributed by atoms with Gasteiger partial charge in [-0.2, -0.15) is 5.10 Å². The van der Waals surface area contributed by atoms with E-state index in [1.807, 2.05) is 24.3 Å². The van der Waals surface area contributed by atoms with E-state index in [0.29, 0.717) is 11.4 Å². The Morgan fingerprint density at radius 2 is 2.05 bits per heavy atom. The zero-order valence-corrected chi connectivity index (χ0v) is 10.2. The normalized spacial score (nSPS) is 10.8. The molecule has 2 heterocycles. The minimum Gasteiger partial charge on any atom is -0.477 e. The van der Waals surface area contributed by atoms with E-state index in [1.165, 1.54) is 4.68 Å². The lowest BCUT2D eigenvalue weighted by Crippen LogP contribution is -2.08. The second kappa shape index (κ2) is 4.20. The first kappa shape index (κ1) is 11.4. The van der Waals surface area contributed by atoms with Gasteiger partial charge in [-0.25, -0.2) is 9.48 Å². The smallest absolute Gasteiger partial charge is 0.354 e. The first-order chi connectivity index (χ1) is 9.16. The van der Waals surface area contributed by atoms with Crippen LogP contribution in [0.3, 0.4) is 0 Å². The third-order valence-electron chi connectivity index (χ3n) is 2.93. The molecule has 1 aromatic carbocycles. The van der Waals surface area contributed by atoms with E-state index in [4.69, 9.17) is 0 Å². The Labute approximate surface area is 109 Å². The Balaban J connectivity index is 2.33. The average molecular weight is 253 g/mol. The molecule has 3 rings (SSSR count). The van der Waals surface area contributed by atoms with Crippen LogP contribution in [0, 0.1) is 6.92 Å². The summed E-state index contributed by atoms with van der Waals surface area (Å²) in [6.45, 7) is 1.77. The molecule has 0 bridgehead atoms. The number of aromatic nitrogens is 3. The Bertz CT molecular complexity index is 772. The van der Waals surface area contributed by atoms with Crippen molar-refractivity contribution in [1.82, 2.24) is 14.8 Å². The summed E-state index contributed by atoms with van der Waals surface area (Å²) in [6.07, 6.45) is 3.37. The molecule has 94 valence electrons. The number of carboxylic acid groups (broad SMARTS) is 1. The van der Waals surface area contributed by atoms with Crippen LogP contribution in [0.1, 0.15) is 16.2 Å². The molecule has 5 heteroatoms. The predicted molar refractivity (Wildman–Crippen MR) is 70.6 cm³/mol. The van der Waals surface area contributed by atoms with E-state index in [-0.39, 0.29) is 5.69 Å². The van der Waals surface area contributed by atoms with Gasteiger partial charge in [0.15, 0.2) is 5.69 Å². The SMILES string of the molecule is Cc1cc(C(=O)O)n(-c2cncc3ccccc23)n1. The van der Waals surface area contributed by atoms with Crippen molar-refractivity contribution >= 4 is 16.7 Å². The molecule has 0 spiro atoms. The zero-order chi connectivity index (χ0) is 13.4. The molecule has 0 fully saturated rings. The highest BCUT2D eigenvalue weighted by molar-refractivity contribution is 5.92. The van der Waals surface area contributed by atoms with Crippen LogP contribution in [0.5, 0.6) is 0 Å². The monoisotopic (exact) mass is 253 g/mol. The molecular weight excluding hydrogens is 242 g/mol. The standard InChI is InChI=1S/C14H11N3O2/c1-9-6-12(14(18)19)17(16-9)13-8-15-7-10-4-2-3-5-11(10)13/h2-8H,1H3,(H,18,19). The summed E-state index contributed by atoms with van der Waals surface area (Å²) in [5.74, 6) is -1.01. The fourth-order valence-electron chi connectivity index (χ4n) is 2.10. The molecule has 0 aliphatic rings. The third kappa shape index (κ3) is 1.85. The highest BCUT2D eigenvalue weighted by Gasteiger charge is 2.15. The second-order valence-electron chi connectivity index (χ2n) is 4.27. The van der Waals surface area contributed by atoms with E-state index in [0.717, 1.165) is 10.8 Å². The van der Waals surface area contributed by atoms with Gasteiger partial charge < -0.3 is 5.11 Å². The molecule has 19 heavy (non-hydrogen) atoms. The summed E-state index contributed by atoms with van der Waals surface area (Å²) in [6, 6.07) is 9.23. The lowest BCUT2D eigenvalue weighted by molar-refractivity contribution is 0.0687. The van der Waals surface area contributed by atoms with Gasteiger partial charge in [0, 0.05) is 17.0 Å². The van der Waals surface area contributed by atoms with Gasteiger partial charge >= 0.3 is 5.97 Å². The van der Waals surface area contributed by atoms with Crippen molar-refractivity contribution in [3.05, 3.63) is 54.1 Å². The molecule has 0 amide bonds. The Kier molecular flexibility index (Phi) is 2.52. The lowest BCUT2D eigenvalue weighted by atomic mass is 10.1. The molecule has 2 aromatic heterocycles. The summed E-state index contributed by atoms with van der Waals surface area (Å²) in [7, 11) is 0. The minimum absolute atomic E-state index is 0.135. The number of benzene rings is 1. The molecule has 0 saturated heterocycles. The number of aromatic carboxylic acids is 1. The van der Waals surface area contributed by atoms with E-state index in [2.05, 4.69) is 10.1 Å².